The Morgan fingerprint density at radius 1 is 1.00 bits per heavy atom. The second-order valence-corrected chi connectivity index (χ2v) is 5.50. The molecule has 2 aromatic carbocycles. The van der Waals surface area contributed by atoms with E-state index in [9.17, 15) is 9.18 Å². The summed E-state index contributed by atoms with van der Waals surface area (Å²) >= 11 is 0. The number of carbonyl (C=O) groups is 1. The second-order valence-electron chi connectivity index (χ2n) is 5.50. The zero-order chi connectivity index (χ0) is 15.4. The summed E-state index contributed by atoms with van der Waals surface area (Å²) in [6.07, 6.45) is 1.84. The van der Waals surface area contributed by atoms with Crippen molar-refractivity contribution in [3.8, 4) is 0 Å². The number of halogens is 2. The van der Waals surface area contributed by atoms with Gasteiger partial charge in [0.1, 0.15) is 5.82 Å². The Bertz CT molecular complexity index is 627. The molecule has 122 valence electrons. The minimum Gasteiger partial charge on any atom is -0.317 e. The van der Waals surface area contributed by atoms with Gasteiger partial charge in [-0.3, -0.25) is 4.79 Å². The number of nitrogens with one attached hydrogen (secondary N) is 1. The number of piperidine rings is 1. The van der Waals surface area contributed by atoms with E-state index in [0.717, 1.165) is 31.6 Å². The SMILES string of the molecule is Cl.O=C(c1ccc(F)cc1)N(c1ccccc1)C1CCNCC1. The fourth-order valence-corrected chi connectivity index (χ4v) is 2.88. The first kappa shape index (κ1) is 17.4. The lowest BCUT2D eigenvalue weighted by molar-refractivity contribution is 0.0971. The van der Waals surface area contributed by atoms with E-state index in [1.165, 1.54) is 12.1 Å². The molecule has 0 unspecified atom stereocenters. The highest BCUT2D eigenvalue weighted by Crippen LogP contribution is 2.24. The lowest BCUT2D eigenvalue weighted by Crippen LogP contribution is -2.46. The molecule has 1 N–H and O–H groups in total. The predicted octanol–water partition coefficient (Wildman–Crippen LogP) is 3.65. The van der Waals surface area contributed by atoms with Gasteiger partial charge in [-0.1, -0.05) is 18.2 Å². The number of amides is 1. The molecule has 1 heterocycles. The summed E-state index contributed by atoms with van der Waals surface area (Å²) in [4.78, 5) is 14.8. The van der Waals surface area contributed by atoms with E-state index in [-0.39, 0.29) is 30.2 Å². The zero-order valence-corrected chi connectivity index (χ0v) is 13.6. The fourth-order valence-electron chi connectivity index (χ4n) is 2.88. The molecule has 1 amide bonds. The quantitative estimate of drug-likeness (QED) is 0.929. The molecule has 3 rings (SSSR count). The van der Waals surface area contributed by atoms with Crippen LogP contribution >= 0.6 is 12.4 Å². The van der Waals surface area contributed by atoms with Crippen LogP contribution < -0.4 is 10.2 Å². The van der Waals surface area contributed by atoms with Crippen molar-refractivity contribution in [1.82, 2.24) is 5.32 Å². The second kappa shape index (κ2) is 8.09. The Labute approximate surface area is 141 Å². The largest absolute Gasteiger partial charge is 0.317 e. The van der Waals surface area contributed by atoms with Gasteiger partial charge in [-0.25, -0.2) is 4.39 Å². The number of benzene rings is 2. The molecule has 5 heteroatoms. The van der Waals surface area contributed by atoms with Gasteiger partial charge in [0.05, 0.1) is 0 Å². The summed E-state index contributed by atoms with van der Waals surface area (Å²) < 4.78 is 13.1. The van der Waals surface area contributed by atoms with Crippen LogP contribution in [-0.2, 0) is 0 Å². The maximum Gasteiger partial charge on any atom is 0.258 e. The van der Waals surface area contributed by atoms with Crippen LogP contribution in [0.3, 0.4) is 0 Å². The molecular weight excluding hydrogens is 315 g/mol. The predicted molar refractivity (Wildman–Crippen MR) is 92.8 cm³/mol. The van der Waals surface area contributed by atoms with Gasteiger partial charge in [-0.15, -0.1) is 12.4 Å². The van der Waals surface area contributed by atoms with Crippen LogP contribution in [-0.4, -0.2) is 25.0 Å². The highest BCUT2D eigenvalue weighted by atomic mass is 35.5. The third kappa shape index (κ3) is 4.09. The van der Waals surface area contributed by atoms with Gasteiger partial charge >= 0.3 is 0 Å². The molecule has 1 fully saturated rings. The molecule has 1 aliphatic heterocycles. The molecular formula is C18H20ClFN2O. The van der Waals surface area contributed by atoms with Gasteiger partial charge < -0.3 is 10.2 Å². The maximum atomic E-state index is 13.1. The average Bonchev–Trinajstić information content (AvgIpc) is 2.57. The highest BCUT2D eigenvalue weighted by Gasteiger charge is 2.27. The molecule has 0 spiro atoms. The first-order valence-electron chi connectivity index (χ1n) is 7.60. The molecule has 1 saturated heterocycles. The third-order valence-electron chi connectivity index (χ3n) is 4.02. The van der Waals surface area contributed by atoms with Crippen LogP contribution in [0.5, 0.6) is 0 Å². The summed E-state index contributed by atoms with van der Waals surface area (Å²) in [5.41, 5.74) is 1.41. The Morgan fingerprint density at radius 3 is 2.22 bits per heavy atom. The lowest BCUT2D eigenvalue weighted by Gasteiger charge is -2.34. The van der Waals surface area contributed by atoms with Gasteiger partial charge in [-0.05, 0) is 62.3 Å². The summed E-state index contributed by atoms with van der Waals surface area (Å²) in [6.45, 7) is 1.81. The molecule has 0 aromatic heterocycles. The van der Waals surface area contributed by atoms with Crippen LogP contribution in [0.25, 0.3) is 0 Å². The smallest absolute Gasteiger partial charge is 0.258 e. The van der Waals surface area contributed by atoms with E-state index in [1.807, 2.05) is 35.2 Å². The lowest BCUT2D eigenvalue weighted by atomic mass is 10.0. The van der Waals surface area contributed by atoms with Gasteiger partial charge in [0.15, 0.2) is 0 Å². The Balaban J connectivity index is 0.00000192. The zero-order valence-electron chi connectivity index (χ0n) is 12.7. The van der Waals surface area contributed by atoms with Crippen molar-refractivity contribution < 1.29 is 9.18 Å². The van der Waals surface area contributed by atoms with E-state index in [1.54, 1.807) is 12.1 Å². The first-order valence-corrected chi connectivity index (χ1v) is 7.60. The number of rotatable bonds is 3. The van der Waals surface area contributed by atoms with Crippen LogP contribution in [0, 0.1) is 5.82 Å². The van der Waals surface area contributed by atoms with Crippen molar-refractivity contribution in [3.05, 3.63) is 66.0 Å². The van der Waals surface area contributed by atoms with Gasteiger partial charge in [-0.2, -0.15) is 0 Å². The van der Waals surface area contributed by atoms with Gasteiger partial charge in [0.25, 0.3) is 5.91 Å². The number of carbonyl (C=O) groups excluding carboxylic acids is 1. The third-order valence-corrected chi connectivity index (χ3v) is 4.02. The Morgan fingerprint density at radius 2 is 1.61 bits per heavy atom. The standard InChI is InChI=1S/C18H19FN2O.ClH/c19-15-8-6-14(7-9-15)18(22)21(16-4-2-1-3-5-16)17-10-12-20-13-11-17;/h1-9,17,20H,10-13H2;1H. The molecule has 0 saturated carbocycles. The molecule has 23 heavy (non-hydrogen) atoms. The Hall–Kier alpha value is -1.91. The van der Waals surface area contributed by atoms with Crippen molar-refractivity contribution in [2.75, 3.05) is 18.0 Å². The molecule has 3 nitrogen and oxygen atoms in total. The minimum atomic E-state index is -0.329. The minimum absolute atomic E-state index is 0. The Kier molecular flexibility index (Phi) is 6.13. The number of hydrogen-bond donors (Lipinski definition) is 1. The van der Waals surface area contributed by atoms with Crippen LogP contribution in [0.4, 0.5) is 10.1 Å². The molecule has 0 atom stereocenters. The van der Waals surface area contributed by atoms with Crippen LogP contribution in [0.15, 0.2) is 54.6 Å². The molecule has 1 aliphatic rings. The first-order chi connectivity index (χ1) is 10.8. The normalized spacial score (nSPS) is 14.8. The van der Waals surface area contributed by atoms with E-state index in [2.05, 4.69) is 5.32 Å². The molecule has 2 aromatic rings. The van der Waals surface area contributed by atoms with E-state index in [4.69, 9.17) is 0 Å². The van der Waals surface area contributed by atoms with Crippen molar-refractivity contribution in [2.45, 2.75) is 18.9 Å². The summed E-state index contributed by atoms with van der Waals surface area (Å²) in [5.74, 6) is -0.400. The van der Waals surface area contributed by atoms with Gasteiger partial charge in [0, 0.05) is 17.3 Å². The maximum absolute atomic E-state index is 13.1. The number of anilines is 1. The van der Waals surface area contributed by atoms with E-state index in [0.29, 0.717) is 5.56 Å². The molecule has 0 radical (unpaired) electrons. The topological polar surface area (TPSA) is 32.3 Å². The van der Waals surface area contributed by atoms with Crippen molar-refractivity contribution >= 4 is 24.0 Å². The monoisotopic (exact) mass is 334 g/mol. The van der Waals surface area contributed by atoms with Crippen molar-refractivity contribution in [1.29, 1.82) is 0 Å². The fraction of sp³-hybridized carbons (Fsp3) is 0.278. The van der Waals surface area contributed by atoms with Crippen LogP contribution in [0.1, 0.15) is 23.2 Å². The number of nitrogens with zero attached hydrogens (tertiary/aromatic N) is 1. The van der Waals surface area contributed by atoms with Crippen molar-refractivity contribution in [3.63, 3.8) is 0 Å². The number of hydrogen-bond acceptors (Lipinski definition) is 2. The summed E-state index contributed by atoms with van der Waals surface area (Å²) in [5, 5.41) is 3.32. The highest BCUT2D eigenvalue weighted by molar-refractivity contribution is 6.06. The summed E-state index contributed by atoms with van der Waals surface area (Å²) in [6, 6.07) is 15.6. The average molecular weight is 335 g/mol. The van der Waals surface area contributed by atoms with Gasteiger partial charge in [0.2, 0.25) is 0 Å². The van der Waals surface area contributed by atoms with Crippen molar-refractivity contribution in [2.24, 2.45) is 0 Å². The molecule has 0 aliphatic carbocycles. The van der Waals surface area contributed by atoms with E-state index < -0.39 is 0 Å². The molecule has 0 bridgehead atoms. The van der Waals surface area contributed by atoms with E-state index >= 15 is 0 Å². The number of para-hydroxylation sites is 1. The summed E-state index contributed by atoms with van der Waals surface area (Å²) in [7, 11) is 0. The van der Waals surface area contributed by atoms with Crippen LogP contribution in [0.2, 0.25) is 0 Å².